The molecule has 10 nitrogen and oxygen atoms in total. The molecule has 0 aromatic heterocycles. The number of hydrazine groups is 1. The third kappa shape index (κ3) is 7.49. The van der Waals surface area contributed by atoms with E-state index < -0.39 is 42.6 Å². The number of carbonyl (C=O) groups is 2. The van der Waals surface area contributed by atoms with Gasteiger partial charge in [-0.25, -0.2) is 21.2 Å². The Labute approximate surface area is 254 Å². The molecule has 0 heterocycles. The van der Waals surface area contributed by atoms with Gasteiger partial charge < -0.3 is 0 Å². The number of rotatable bonds is 8. The van der Waals surface area contributed by atoms with Crippen molar-refractivity contribution >= 4 is 78.0 Å². The fourth-order valence-corrected chi connectivity index (χ4v) is 6.51. The molecule has 0 saturated carbocycles. The first-order valence-corrected chi connectivity index (χ1v) is 15.6. The normalized spacial score (nSPS) is 11.4. The lowest BCUT2D eigenvalue weighted by atomic mass is 10.2. The zero-order valence-corrected chi connectivity index (χ0v) is 24.8. The van der Waals surface area contributed by atoms with E-state index in [1.54, 1.807) is 0 Å². The van der Waals surface area contributed by atoms with Gasteiger partial charge >= 0.3 is 0 Å². The predicted molar refractivity (Wildman–Crippen MR) is 157 cm³/mol. The molecule has 0 aliphatic heterocycles. The summed E-state index contributed by atoms with van der Waals surface area (Å²) in [6.45, 7) is 0. The largest absolute Gasteiger partial charge is 0.280 e. The van der Waals surface area contributed by atoms with Crippen molar-refractivity contribution in [2.24, 2.45) is 0 Å². The Bertz CT molecular complexity index is 1910. The van der Waals surface area contributed by atoms with E-state index in [1.807, 2.05) is 0 Å². The first-order chi connectivity index (χ1) is 19.7. The van der Waals surface area contributed by atoms with Crippen molar-refractivity contribution in [1.82, 2.24) is 10.9 Å². The minimum Gasteiger partial charge on any atom is -0.280 e. The highest BCUT2D eigenvalue weighted by Crippen LogP contribution is 2.28. The molecule has 2 amide bonds. The van der Waals surface area contributed by atoms with Crippen LogP contribution in [-0.4, -0.2) is 28.6 Å². The summed E-state index contributed by atoms with van der Waals surface area (Å²) in [6, 6.07) is 17.0. The van der Waals surface area contributed by atoms with Crippen molar-refractivity contribution in [3.05, 3.63) is 117 Å². The van der Waals surface area contributed by atoms with E-state index in [0.29, 0.717) is 0 Å². The molecule has 4 rings (SSSR count). The van der Waals surface area contributed by atoms with Gasteiger partial charge in [0, 0.05) is 21.8 Å². The Morgan fingerprint density at radius 1 is 0.643 bits per heavy atom. The van der Waals surface area contributed by atoms with Crippen LogP contribution in [0.4, 0.5) is 15.8 Å². The number of hydrogen-bond acceptors (Lipinski definition) is 6. The van der Waals surface area contributed by atoms with E-state index in [9.17, 15) is 30.8 Å². The molecular formula is C26H18Cl3FN4O6S2. The molecule has 0 bridgehead atoms. The van der Waals surface area contributed by atoms with Crippen LogP contribution < -0.4 is 20.3 Å². The van der Waals surface area contributed by atoms with Crippen molar-refractivity contribution in [2.45, 2.75) is 9.79 Å². The molecule has 0 spiro atoms. The summed E-state index contributed by atoms with van der Waals surface area (Å²) in [5.41, 5.74) is 4.04. The van der Waals surface area contributed by atoms with Crippen LogP contribution in [0.3, 0.4) is 0 Å². The van der Waals surface area contributed by atoms with Gasteiger partial charge in [0.25, 0.3) is 31.9 Å². The molecule has 0 unspecified atom stereocenters. The lowest BCUT2D eigenvalue weighted by molar-refractivity contribution is 0.0846. The highest BCUT2D eigenvalue weighted by atomic mass is 35.5. The topological polar surface area (TPSA) is 151 Å². The maximum Gasteiger partial charge on any atom is 0.269 e. The van der Waals surface area contributed by atoms with E-state index in [4.69, 9.17) is 34.8 Å². The monoisotopic (exact) mass is 670 g/mol. The maximum absolute atomic E-state index is 13.2. The molecule has 42 heavy (non-hydrogen) atoms. The van der Waals surface area contributed by atoms with Crippen LogP contribution in [0, 0.1) is 5.82 Å². The number of amides is 2. The molecular weight excluding hydrogens is 654 g/mol. The number of carbonyl (C=O) groups excluding carboxylic acids is 2. The van der Waals surface area contributed by atoms with Gasteiger partial charge in [-0.05, 0) is 78.9 Å². The lowest BCUT2D eigenvalue weighted by Gasteiger charge is -2.13. The molecule has 4 aromatic carbocycles. The predicted octanol–water partition coefficient (Wildman–Crippen LogP) is 5.46. The average molecular weight is 672 g/mol. The van der Waals surface area contributed by atoms with Crippen LogP contribution in [0.25, 0.3) is 0 Å². The molecule has 16 heteroatoms. The second kappa shape index (κ2) is 12.5. The Balaban J connectivity index is 1.46. The summed E-state index contributed by atoms with van der Waals surface area (Å²) < 4.78 is 69.1. The second-order valence-corrected chi connectivity index (χ2v) is 13.0. The maximum atomic E-state index is 13.2. The summed E-state index contributed by atoms with van der Waals surface area (Å²) in [7, 11) is -8.47. The minimum atomic E-state index is -4.28. The quantitative estimate of drug-likeness (QED) is 0.183. The molecule has 0 atom stereocenters. The molecule has 0 aliphatic carbocycles. The highest BCUT2D eigenvalue weighted by Gasteiger charge is 2.22. The first kappa shape index (κ1) is 31.1. The Hall–Kier alpha value is -3.88. The van der Waals surface area contributed by atoms with E-state index in [0.717, 1.165) is 24.3 Å². The smallest absolute Gasteiger partial charge is 0.269 e. The fourth-order valence-electron chi connectivity index (χ4n) is 3.42. The Kier molecular flexibility index (Phi) is 9.28. The van der Waals surface area contributed by atoms with Gasteiger partial charge in [0.05, 0.1) is 20.6 Å². The molecule has 0 radical (unpaired) electrons. The standard InChI is InChI=1S/C26H18Cl3FN4O6S2/c27-17-5-11-21(28)23(14-17)34-41(37,38)20-3-1-2-15(12-20)25(35)31-32-26(36)16-4-10-22(29)24(13-16)42(39,40)33-19-8-6-18(30)7-9-19/h1-14,33-34H,(H,31,35)(H,32,36). The number of benzene rings is 4. The van der Waals surface area contributed by atoms with Crippen molar-refractivity contribution < 1.29 is 30.8 Å². The number of anilines is 2. The van der Waals surface area contributed by atoms with Gasteiger partial charge in [-0.2, -0.15) is 0 Å². The Morgan fingerprint density at radius 3 is 1.93 bits per heavy atom. The van der Waals surface area contributed by atoms with Gasteiger partial charge in [-0.15, -0.1) is 0 Å². The number of hydrogen-bond donors (Lipinski definition) is 4. The molecule has 4 aromatic rings. The summed E-state index contributed by atoms with van der Waals surface area (Å²) >= 11 is 18.0. The molecule has 4 N–H and O–H groups in total. The Morgan fingerprint density at radius 2 is 1.26 bits per heavy atom. The highest BCUT2D eigenvalue weighted by molar-refractivity contribution is 7.93. The van der Waals surface area contributed by atoms with Crippen molar-refractivity contribution in [2.75, 3.05) is 9.44 Å². The second-order valence-electron chi connectivity index (χ2n) is 8.42. The molecule has 0 aliphatic rings. The molecule has 218 valence electrons. The van der Waals surface area contributed by atoms with Crippen LogP contribution in [0.2, 0.25) is 15.1 Å². The van der Waals surface area contributed by atoms with Gasteiger partial charge in [0.15, 0.2) is 0 Å². The van der Waals surface area contributed by atoms with Crippen LogP contribution in [0.15, 0.2) is 94.7 Å². The third-order valence-electron chi connectivity index (χ3n) is 5.45. The lowest BCUT2D eigenvalue weighted by Crippen LogP contribution is -2.41. The van der Waals surface area contributed by atoms with Crippen LogP contribution in [0.1, 0.15) is 20.7 Å². The van der Waals surface area contributed by atoms with E-state index in [-0.39, 0.29) is 42.5 Å². The van der Waals surface area contributed by atoms with E-state index >= 15 is 0 Å². The van der Waals surface area contributed by atoms with Gasteiger partial charge in [-0.1, -0.05) is 40.9 Å². The average Bonchev–Trinajstić information content (AvgIpc) is 2.94. The van der Waals surface area contributed by atoms with E-state index in [1.165, 1.54) is 60.7 Å². The first-order valence-electron chi connectivity index (χ1n) is 11.5. The number of halogens is 4. The third-order valence-corrected chi connectivity index (χ3v) is 9.24. The van der Waals surface area contributed by atoms with Crippen LogP contribution in [-0.2, 0) is 20.0 Å². The fraction of sp³-hybridized carbons (Fsp3) is 0. The van der Waals surface area contributed by atoms with Gasteiger partial charge in [0.1, 0.15) is 10.7 Å². The summed E-state index contributed by atoms with van der Waals surface area (Å²) in [5, 5.41) is 0.149. The van der Waals surface area contributed by atoms with Gasteiger partial charge in [-0.3, -0.25) is 29.9 Å². The molecule has 0 saturated heterocycles. The number of sulfonamides is 2. The van der Waals surface area contributed by atoms with Gasteiger partial charge in [0.2, 0.25) is 0 Å². The van der Waals surface area contributed by atoms with Crippen LogP contribution in [0.5, 0.6) is 0 Å². The zero-order chi connectivity index (χ0) is 30.7. The van der Waals surface area contributed by atoms with Crippen molar-refractivity contribution in [3.8, 4) is 0 Å². The summed E-state index contributed by atoms with van der Waals surface area (Å²) in [4.78, 5) is 24.7. The zero-order valence-electron chi connectivity index (χ0n) is 20.9. The molecule has 0 fully saturated rings. The van der Waals surface area contributed by atoms with Crippen molar-refractivity contribution in [3.63, 3.8) is 0 Å². The minimum absolute atomic E-state index is 0.0310. The summed E-state index contributed by atoms with van der Waals surface area (Å²) in [5.74, 6) is -2.34. The van der Waals surface area contributed by atoms with Crippen molar-refractivity contribution in [1.29, 1.82) is 0 Å². The van der Waals surface area contributed by atoms with Crippen LogP contribution >= 0.6 is 34.8 Å². The SMILES string of the molecule is O=C(NNC(=O)c1ccc(Cl)c(S(=O)(=O)Nc2ccc(F)cc2)c1)c1cccc(S(=O)(=O)Nc2cc(Cl)ccc2Cl)c1. The van der Waals surface area contributed by atoms with E-state index in [2.05, 4.69) is 20.3 Å². The summed E-state index contributed by atoms with van der Waals surface area (Å²) in [6.07, 6.45) is 0. The number of nitrogens with one attached hydrogen (secondary N) is 4.